The topological polar surface area (TPSA) is 25.6 Å². The van der Waals surface area contributed by atoms with Crippen LogP contribution in [0.5, 0.6) is 5.75 Å². The summed E-state index contributed by atoms with van der Waals surface area (Å²) < 4.78 is 11.1. The first-order chi connectivity index (χ1) is 11.7. The predicted molar refractivity (Wildman–Crippen MR) is 97.5 cm³/mol. The molecule has 0 N–H and O–H groups in total. The summed E-state index contributed by atoms with van der Waals surface area (Å²) in [6.45, 7) is 5.90. The van der Waals surface area contributed by atoms with Crippen LogP contribution in [0.1, 0.15) is 32.3 Å². The average Bonchev–Trinajstić information content (AvgIpc) is 3.03. The molecular weight excluding hydrogens is 298 g/mol. The Morgan fingerprint density at radius 1 is 1.33 bits per heavy atom. The van der Waals surface area contributed by atoms with Crippen molar-refractivity contribution in [1.82, 2.24) is 4.90 Å². The Bertz CT molecular complexity index is 747. The van der Waals surface area contributed by atoms with Crippen LogP contribution >= 0.6 is 0 Å². The first kappa shape index (κ1) is 15.8. The number of benzene rings is 1. The first-order valence-corrected chi connectivity index (χ1v) is 9.17. The van der Waals surface area contributed by atoms with Crippen LogP contribution in [-0.4, -0.2) is 30.6 Å². The second-order valence-electron chi connectivity index (χ2n) is 7.41. The number of ether oxygens (including phenoxy) is 1. The number of rotatable bonds is 5. The van der Waals surface area contributed by atoms with Crippen LogP contribution in [0.25, 0.3) is 11.0 Å². The van der Waals surface area contributed by atoms with E-state index in [0.717, 1.165) is 29.6 Å². The van der Waals surface area contributed by atoms with Gasteiger partial charge in [0.2, 0.25) is 0 Å². The highest BCUT2D eigenvalue weighted by molar-refractivity contribution is 5.82. The lowest BCUT2D eigenvalue weighted by Crippen LogP contribution is -2.54. The van der Waals surface area contributed by atoms with Gasteiger partial charge in [0.15, 0.2) is 0 Å². The van der Waals surface area contributed by atoms with Crippen molar-refractivity contribution in [2.24, 2.45) is 11.8 Å². The van der Waals surface area contributed by atoms with Gasteiger partial charge in [0.05, 0.1) is 13.4 Å². The van der Waals surface area contributed by atoms with Crippen LogP contribution in [-0.2, 0) is 6.42 Å². The van der Waals surface area contributed by atoms with E-state index in [9.17, 15) is 0 Å². The van der Waals surface area contributed by atoms with Crippen LogP contribution in [0.4, 0.5) is 0 Å². The normalized spacial score (nSPS) is 27.7. The van der Waals surface area contributed by atoms with Crippen LogP contribution < -0.4 is 4.74 Å². The molecule has 3 heteroatoms. The minimum absolute atomic E-state index is 0.517. The van der Waals surface area contributed by atoms with Crippen molar-refractivity contribution in [3.63, 3.8) is 0 Å². The largest absolute Gasteiger partial charge is 0.497 e. The first-order valence-electron chi connectivity index (χ1n) is 9.17. The molecule has 1 aromatic heterocycles. The Morgan fingerprint density at radius 3 is 2.96 bits per heavy atom. The molecule has 3 unspecified atom stereocenters. The highest BCUT2D eigenvalue weighted by Gasteiger charge is 2.38. The Labute approximate surface area is 144 Å². The number of hydrogen-bond acceptors (Lipinski definition) is 3. The highest BCUT2D eigenvalue weighted by atomic mass is 16.5. The molecule has 1 fully saturated rings. The SMILES string of the molecule is CCC1CC2C=CC1N([C@H](C)Cc1coc3ccc(OC)cc13)C2. The molecule has 1 saturated heterocycles. The highest BCUT2D eigenvalue weighted by Crippen LogP contribution is 2.38. The van der Waals surface area contributed by atoms with Crippen molar-refractivity contribution in [2.75, 3.05) is 13.7 Å². The lowest BCUT2D eigenvalue weighted by atomic mass is 9.75. The fourth-order valence-electron chi connectivity index (χ4n) is 4.61. The molecule has 3 nitrogen and oxygen atoms in total. The summed E-state index contributed by atoms with van der Waals surface area (Å²) in [6, 6.07) is 7.18. The molecule has 1 aliphatic carbocycles. The van der Waals surface area contributed by atoms with E-state index in [1.54, 1.807) is 7.11 Å². The van der Waals surface area contributed by atoms with E-state index < -0.39 is 0 Å². The van der Waals surface area contributed by atoms with E-state index in [4.69, 9.17) is 9.15 Å². The smallest absolute Gasteiger partial charge is 0.134 e. The molecule has 3 heterocycles. The summed E-state index contributed by atoms with van der Waals surface area (Å²) in [5.74, 6) is 2.45. The number of nitrogens with zero attached hydrogens (tertiary/aromatic N) is 1. The molecule has 0 saturated carbocycles. The third-order valence-electron chi connectivity index (χ3n) is 5.96. The van der Waals surface area contributed by atoms with E-state index >= 15 is 0 Å². The van der Waals surface area contributed by atoms with E-state index in [0.29, 0.717) is 12.1 Å². The van der Waals surface area contributed by atoms with E-state index in [1.165, 1.54) is 30.3 Å². The van der Waals surface area contributed by atoms with E-state index in [-0.39, 0.29) is 0 Å². The van der Waals surface area contributed by atoms with Gasteiger partial charge in [-0.3, -0.25) is 4.90 Å². The molecule has 3 aliphatic rings. The third kappa shape index (κ3) is 2.65. The van der Waals surface area contributed by atoms with Gasteiger partial charge in [0, 0.05) is 24.0 Å². The number of fused-ring (bicyclic) bond motifs is 3. The van der Waals surface area contributed by atoms with Gasteiger partial charge in [0.25, 0.3) is 0 Å². The molecule has 2 aromatic rings. The predicted octanol–water partition coefficient (Wildman–Crippen LogP) is 4.66. The van der Waals surface area contributed by atoms with Crippen molar-refractivity contribution in [2.45, 2.75) is 45.2 Å². The van der Waals surface area contributed by atoms with E-state index in [1.807, 2.05) is 18.4 Å². The quantitative estimate of drug-likeness (QED) is 0.748. The van der Waals surface area contributed by atoms with Crippen LogP contribution in [0.3, 0.4) is 0 Å². The zero-order valence-corrected chi connectivity index (χ0v) is 14.9. The number of furan rings is 1. The van der Waals surface area contributed by atoms with Crippen LogP contribution in [0, 0.1) is 11.8 Å². The molecule has 0 radical (unpaired) electrons. The fraction of sp³-hybridized carbons (Fsp3) is 0.524. The Kier molecular flexibility index (Phi) is 4.13. The monoisotopic (exact) mass is 325 g/mol. The zero-order chi connectivity index (χ0) is 16.7. The minimum atomic E-state index is 0.517. The number of hydrogen-bond donors (Lipinski definition) is 0. The maximum Gasteiger partial charge on any atom is 0.134 e. The molecule has 5 rings (SSSR count). The Balaban J connectivity index is 1.56. The Hall–Kier alpha value is -1.74. The Morgan fingerprint density at radius 2 is 2.21 bits per heavy atom. The van der Waals surface area contributed by atoms with Crippen molar-refractivity contribution in [1.29, 1.82) is 0 Å². The molecule has 0 amide bonds. The average molecular weight is 325 g/mol. The second kappa shape index (κ2) is 6.29. The van der Waals surface area contributed by atoms with Gasteiger partial charge in [-0.2, -0.15) is 0 Å². The molecule has 1 aromatic carbocycles. The van der Waals surface area contributed by atoms with Gasteiger partial charge in [-0.1, -0.05) is 25.5 Å². The van der Waals surface area contributed by atoms with Gasteiger partial charge >= 0.3 is 0 Å². The molecule has 2 bridgehead atoms. The van der Waals surface area contributed by atoms with Crippen LogP contribution in [0.2, 0.25) is 0 Å². The van der Waals surface area contributed by atoms with Gasteiger partial charge < -0.3 is 9.15 Å². The lowest BCUT2D eigenvalue weighted by Gasteiger charge is -2.49. The summed E-state index contributed by atoms with van der Waals surface area (Å²) in [7, 11) is 1.71. The van der Waals surface area contributed by atoms with Gasteiger partial charge in [-0.05, 0) is 55.4 Å². The maximum atomic E-state index is 5.75. The molecule has 128 valence electrons. The molecule has 2 aliphatic heterocycles. The van der Waals surface area contributed by atoms with Gasteiger partial charge in [0.1, 0.15) is 11.3 Å². The lowest BCUT2D eigenvalue weighted by molar-refractivity contribution is 0.0490. The summed E-state index contributed by atoms with van der Waals surface area (Å²) in [4.78, 5) is 2.71. The zero-order valence-electron chi connectivity index (χ0n) is 14.9. The number of piperidine rings is 1. The maximum absolute atomic E-state index is 5.75. The van der Waals surface area contributed by atoms with Crippen molar-refractivity contribution in [3.05, 3.63) is 42.2 Å². The second-order valence-corrected chi connectivity index (χ2v) is 7.41. The van der Waals surface area contributed by atoms with Crippen molar-refractivity contribution >= 4 is 11.0 Å². The molecule has 24 heavy (non-hydrogen) atoms. The third-order valence-corrected chi connectivity index (χ3v) is 5.96. The summed E-state index contributed by atoms with van der Waals surface area (Å²) in [6.07, 6.45) is 10.5. The minimum Gasteiger partial charge on any atom is -0.497 e. The van der Waals surface area contributed by atoms with Gasteiger partial charge in [-0.15, -0.1) is 0 Å². The molecule has 0 spiro atoms. The van der Waals surface area contributed by atoms with Crippen LogP contribution in [0.15, 0.2) is 41.0 Å². The van der Waals surface area contributed by atoms with E-state index in [2.05, 4.69) is 37.0 Å². The fourth-order valence-corrected chi connectivity index (χ4v) is 4.61. The summed E-state index contributed by atoms with van der Waals surface area (Å²) in [5.41, 5.74) is 2.24. The standard InChI is InChI=1S/C21H27NO2/c1-4-16-10-15-5-7-20(16)22(12-15)14(2)9-17-13-24-21-8-6-18(23-3)11-19(17)21/h5-8,11,13-16,20H,4,9-10,12H2,1-3H3/t14-,15?,16?,20?/m1/s1. The van der Waals surface area contributed by atoms with Crippen molar-refractivity contribution in [3.8, 4) is 5.75 Å². The molecule has 4 atom stereocenters. The van der Waals surface area contributed by atoms with Crippen molar-refractivity contribution < 1.29 is 9.15 Å². The summed E-state index contributed by atoms with van der Waals surface area (Å²) in [5, 5.41) is 1.19. The number of methoxy groups -OCH3 is 1. The van der Waals surface area contributed by atoms with Gasteiger partial charge in [-0.25, -0.2) is 0 Å². The molecular formula is C21H27NO2. The summed E-state index contributed by atoms with van der Waals surface area (Å²) >= 11 is 0.